The highest BCUT2D eigenvalue weighted by Crippen LogP contribution is 1.99. The maximum atomic E-state index is 11.5. The summed E-state index contributed by atoms with van der Waals surface area (Å²) in [5.74, 6) is -2.42. The van der Waals surface area contributed by atoms with E-state index in [1.54, 1.807) is 0 Å². The molecule has 2 amide bonds. The second-order valence-corrected chi connectivity index (χ2v) is 3.60. The molecule has 0 bridgehead atoms. The van der Waals surface area contributed by atoms with Crippen molar-refractivity contribution in [3.8, 4) is 6.07 Å². The number of nitrogens with one attached hydrogen (secondary N) is 1. The summed E-state index contributed by atoms with van der Waals surface area (Å²) in [6.07, 6.45) is -0.404. The van der Waals surface area contributed by atoms with Crippen LogP contribution in [0.15, 0.2) is 0 Å². The Kier molecular flexibility index (Phi) is 6.88. The lowest BCUT2D eigenvalue weighted by molar-refractivity contribution is -0.140. The summed E-state index contributed by atoms with van der Waals surface area (Å²) in [6, 6.07) is -0.0477. The third kappa shape index (κ3) is 6.32. The Hall–Kier alpha value is -2.30. The fourth-order valence-corrected chi connectivity index (χ4v) is 1.10. The first kappa shape index (κ1) is 15.7. The van der Waals surface area contributed by atoms with Crippen molar-refractivity contribution in [3.05, 3.63) is 0 Å². The smallest absolute Gasteiger partial charge is 0.326 e. The number of carbonyl (C=O) groups excluding carboxylic acids is 1. The molecule has 8 heteroatoms. The maximum absolute atomic E-state index is 11.5. The van der Waals surface area contributed by atoms with Crippen LogP contribution in [-0.4, -0.2) is 52.7 Å². The van der Waals surface area contributed by atoms with Crippen LogP contribution in [0, 0.1) is 11.3 Å². The molecule has 0 saturated carbocycles. The summed E-state index contributed by atoms with van der Waals surface area (Å²) in [5.41, 5.74) is 0. The van der Waals surface area contributed by atoms with Gasteiger partial charge in [0.25, 0.3) is 0 Å². The van der Waals surface area contributed by atoms with E-state index in [-0.39, 0.29) is 25.8 Å². The van der Waals surface area contributed by atoms with Gasteiger partial charge >= 0.3 is 18.0 Å². The van der Waals surface area contributed by atoms with Gasteiger partial charge in [0.15, 0.2) is 0 Å². The first-order valence-electron chi connectivity index (χ1n) is 5.21. The average molecular weight is 257 g/mol. The first-order valence-corrected chi connectivity index (χ1v) is 5.21. The van der Waals surface area contributed by atoms with Crippen molar-refractivity contribution in [2.45, 2.75) is 25.3 Å². The molecule has 0 aromatic rings. The van der Waals surface area contributed by atoms with Crippen LogP contribution in [-0.2, 0) is 9.59 Å². The minimum absolute atomic E-state index is 0.136. The van der Waals surface area contributed by atoms with Gasteiger partial charge in [-0.3, -0.25) is 4.79 Å². The van der Waals surface area contributed by atoms with Crippen molar-refractivity contribution in [3.63, 3.8) is 0 Å². The largest absolute Gasteiger partial charge is 0.481 e. The summed E-state index contributed by atoms with van der Waals surface area (Å²) in [4.78, 5) is 33.8. The molecular formula is C10H15N3O5. The molecule has 3 N–H and O–H groups in total. The number of amides is 2. The number of urea groups is 1. The molecule has 0 aromatic heterocycles. The van der Waals surface area contributed by atoms with E-state index in [2.05, 4.69) is 5.32 Å². The molecule has 0 aromatic carbocycles. The van der Waals surface area contributed by atoms with Gasteiger partial charge in [-0.1, -0.05) is 0 Å². The van der Waals surface area contributed by atoms with E-state index in [9.17, 15) is 14.4 Å². The zero-order valence-corrected chi connectivity index (χ0v) is 9.92. The van der Waals surface area contributed by atoms with Crippen LogP contribution in [0.5, 0.6) is 0 Å². The lowest BCUT2D eigenvalue weighted by Crippen LogP contribution is -2.47. The van der Waals surface area contributed by atoms with Crippen LogP contribution in [0.2, 0.25) is 0 Å². The Morgan fingerprint density at radius 3 is 2.44 bits per heavy atom. The summed E-state index contributed by atoms with van der Waals surface area (Å²) in [5, 5.41) is 27.8. The molecule has 8 nitrogen and oxygen atoms in total. The Morgan fingerprint density at radius 1 is 1.39 bits per heavy atom. The molecule has 100 valence electrons. The van der Waals surface area contributed by atoms with Crippen LogP contribution in [0.4, 0.5) is 4.79 Å². The molecular weight excluding hydrogens is 242 g/mol. The van der Waals surface area contributed by atoms with Crippen molar-refractivity contribution in [1.82, 2.24) is 10.2 Å². The van der Waals surface area contributed by atoms with Gasteiger partial charge in [-0.2, -0.15) is 5.26 Å². The molecule has 0 heterocycles. The van der Waals surface area contributed by atoms with E-state index in [0.717, 1.165) is 0 Å². The maximum Gasteiger partial charge on any atom is 0.326 e. The van der Waals surface area contributed by atoms with Crippen LogP contribution in [0.25, 0.3) is 0 Å². The van der Waals surface area contributed by atoms with Crippen molar-refractivity contribution < 1.29 is 24.6 Å². The highest BCUT2D eigenvalue weighted by atomic mass is 16.4. The zero-order chi connectivity index (χ0) is 14.1. The number of carboxylic acids is 2. The molecule has 0 aliphatic carbocycles. The molecule has 0 rings (SSSR count). The summed E-state index contributed by atoms with van der Waals surface area (Å²) in [7, 11) is 1.42. The number of rotatable bonds is 7. The molecule has 0 radical (unpaired) electrons. The van der Waals surface area contributed by atoms with Crippen molar-refractivity contribution in [2.24, 2.45) is 0 Å². The van der Waals surface area contributed by atoms with Gasteiger partial charge in [-0.05, 0) is 6.42 Å². The molecule has 1 unspecified atom stereocenters. The lowest BCUT2D eigenvalue weighted by Gasteiger charge is -2.20. The van der Waals surface area contributed by atoms with E-state index in [4.69, 9.17) is 15.5 Å². The van der Waals surface area contributed by atoms with Crippen molar-refractivity contribution >= 4 is 18.0 Å². The number of carbonyl (C=O) groups is 3. The van der Waals surface area contributed by atoms with Gasteiger partial charge in [-0.15, -0.1) is 0 Å². The fourth-order valence-electron chi connectivity index (χ4n) is 1.10. The minimum atomic E-state index is -1.29. The SMILES string of the molecule is CN(CCC#N)C(=O)NC(CCC(=O)O)C(=O)O. The van der Waals surface area contributed by atoms with Crippen LogP contribution in [0.1, 0.15) is 19.3 Å². The number of carboxylic acid groups (broad SMARTS) is 2. The second-order valence-electron chi connectivity index (χ2n) is 3.60. The van der Waals surface area contributed by atoms with E-state index < -0.39 is 24.0 Å². The highest BCUT2D eigenvalue weighted by Gasteiger charge is 2.22. The standard InChI is InChI=1S/C10H15N3O5/c1-13(6-2-5-11)10(18)12-7(9(16)17)3-4-8(14)15/h7H,2-4,6H2,1H3,(H,12,18)(H,14,15)(H,16,17). The van der Waals surface area contributed by atoms with Gasteiger partial charge in [0.1, 0.15) is 6.04 Å². The highest BCUT2D eigenvalue weighted by molar-refractivity contribution is 5.82. The number of hydrogen-bond donors (Lipinski definition) is 3. The second kappa shape index (κ2) is 7.89. The minimum Gasteiger partial charge on any atom is -0.481 e. The van der Waals surface area contributed by atoms with E-state index in [1.165, 1.54) is 11.9 Å². The molecule has 0 aliphatic rings. The van der Waals surface area contributed by atoms with Gasteiger partial charge in [-0.25, -0.2) is 9.59 Å². The zero-order valence-electron chi connectivity index (χ0n) is 9.92. The third-order valence-corrected chi connectivity index (χ3v) is 2.15. The fraction of sp³-hybridized carbons (Fsp3) is 0.600. The van der Waals surface area contributed by atoms with Gasteiger partial charge in [0.2, 0.25) is 0 Å². The monoisotopic (exact) mass is 257 g/mol. The van der Waals surface area contributed by atoms with Crippen molar-refractivity contribution in [2.75, 3.05) is 13.6 Å². The number of nitrogens with zero attached hydrogens (tertiary/aromatic N) is 2. The van der Waals surface area contributed by atoms with Gasteiger partial charge in [0, 0.05) is 20.0 Å². The summed E-state index contributed by atoms with van der Waals surface area (Å²) < 4.78 is 0. The first-order chi connectivity index (χ1) is 8.38. The van der Waals surface area contributed by atoms with E-state index >= 15 is 0 Å². The van der Waals surface area contributed by atoms with Crippen molar-refractivity contribution in [1.29, 1.82) is 5.26 Å². The molecule has 1 atom stereocenters. The molecule has 18 heavy (non-hydrogen) atoms. The molecule has 0 fully saturated rings. The summed E-state index contributed by atoms with van der Waals surface area (Å²) in [6.45, 7) is 0.174. The van der Waals surface area contributed by atoms with E-state index in [1.807, 2.05) is 6.07 Å². The number of hydrogen-bond acceptors (Lipinski definition) is 4. The van der Waals surface area contributed by atoms with Gasteiger partial charge < -0.3 is 20.4 Å². The Balaban J connectivity index is 4.31. The molecule has 0 saturated heterocycles. The Bertz CT molecular complexity index is 363. The Labute approximate surface area is 104 Å². The average Bonchev–Trinajstić information content (AvgIpc) is 2.30. The quantitative estimate of drug-likeness (QED) is 0.581. The topological polar surface area (TPSA) is 131 Å². The summed E-state index contributed by atoms with van der Waals surface area (Å²) >= 11 is 0. The van der Waals surface area contributed by atoms with Crippen LogP contribution in [0.3, 0.4) is 0 Å². The van der Waals surface area contributed by atoms with E-state index in [0.29, 0.717) is 0 Å². The van der Waals surface area contributed by atoms with Crippen LogP contribution < -0.4 is 5.32 Å². The van der Waals surface area contributed by atoms with Gasteiger partial charge in [0.05, 0.1) is 12.5 Å². The molecule has 0 aliphatic heterocycles. The number of aliphatic carboxylic acids is 2. The lowest BCUT2D eigenvalue weighted by atomic mass is 10.1. The predicted molar refractivity (Wildman–Crippen MR) is 59.7 cm³/mol. The predicted octanol–water partition coefficient (Wildman–Crippen LogP) is -0.141. The van der Waals surface area contributed by atoms with Crippen LogP contribution >= 0.6 is 0 Å². The molecule has 0 spiro atoms. The Morgan fingerprint density at radius 2 is 2.00 bits per heavy atom. The normalized spacial score (nSPS) is 11.1. The third-order valence-electron chi connectivity index (χ3n) is 2.15. The number of nitriles is 1.